The minimum atomic E-state index is 0.860. The van der Waals surface area contributed by atoms with Crippen LogP contribution in [-0.2, 0) is 0 Å². The largest absolute Gasteiger partial charge is 0.0920 e. The van der Waals surface area contributed by atoms with Crippen LogP contribution in [0, 0.1) is 10.8 Å². The van der Waals surface area contributed by atoms with Crippen LogP contribution >= 0.6 is 27.5 Å². The summed E-state index contributed by atoms with van der Waals surface area (Å²) in [5.41, 5.74) is 2.30. The molecule has 0 spiro atoms. The summed E-state index contributed by atoms with van der Waals surface area (Å²) in [6, 6.07) is 0. The van der Waals surface area contributed by atoms with Gasteiger partial charge in [-0.2, -0.15) is 0 Å². The van der Waals surface area contributed by atoms with Crippen LogP contribution in [-0.4, -0.2) is 0 Å². The molecule has 0 unspecified atom stereocenters. The summed E-state index contributed by atoms with van der Waals surface area (Å²) in [4.78, 5) is 2.53. The Morgan fingerprint density at radius 3 is 2.57 bits per heavy atom. The Labute approximate surface area is 56.7 Å². The van der Waals surface area contributed by atoms with Crippen molar-refractivity contribution < 1.29 is 0 Å². The van der Waals surface area contributed by atoms with E-state index in [0.717, 1.165) is 5.57 Å². The van der Waals surface area contributed by atoms with E-state index >= 15 is 0 Å². The van der Waals surface area contributed by atoms with Crippen molar-refractivity contribution in [2.24, 2.45) is 0 Å². The summed E-state index contributed by atoms with van der Waals surface area (Å²) in [6.07, 6.45) is 0. The van der Waals surface area contributed by atoms with Gasteiger partial charge in [0, 0.05) is 27.0 Å². The summed E-state index contributed by atoms with van der Waals surface area (Å²) in [5.74, 6) is 2.69. The second kappa shape index (κ2) is 4.23. The number of hydrogen-bond acceptors (Lipinski definition) is 0. The number of rotatable bonds is 0. The SMILES string of the molecule is C/C(C#CBr)=C\Cl. The molecule has 0 atom stereocenters. The monoisotopic (exact) mass is 178 g/mol. The van der Waals surface area contributed by atoms with Crippen molar-refractivity contribution in [3.8, 4) is 10.8 Å². The first kappa shape index (κ1) is 7.07. The highest BCUT2D eigenvalue weighted by atomic mass is 79.9. The van der Waals surface area contributed by atoms with Gasteiger partial charge < -0.3 is 0 Å². The maximum absolute atomic E-state index is 5.25. The van der Waals surface area contributed by atoms with Gasteiger partial charge in [0.1, 0.15) is 0 Å². The molecule has 0 fully saturated rings. The van der Waals surface area contributed by atoms with Gasteiger partial charge in [-0.1, -0.05) is 17.5 Å². The van der Waals surface area contributed by atoms with Crippen LogP contribution in [0.3, 0.4) is 0 Å². The smallest absolute Gasteiger partial charge is 0.0156 e. The Morgan fingerprint density at radius 2 is 2.43 bits per heavy atom. The predicted molar refractivity (Wildman–Crippen MR) is 36.3 cm³/mol. The van der Waals surface area contributed by atoms with E-state index in [1.165, 1.54) is 5.54 Å². The van der Waals surface area contributed by atoms with Gasteiger partial charge in [0.2, 0.25) is 0 Å². The average Bonchev–Trinajstić information content (AvgIpc) is 1.68. The lowest BCUT2D eigenvalue weighted by molar-refractivity contribution is 1.62. The molecule has 0 rings (SSSR count). The Kier molecular flexibility index (Phi) is 4.28. The highest BCUT2D eigenvalue weighted by Gasteiger charge is 1.71. The molecule has 0 saturated heterocycles. The molecule has 0 bridgehead atoms. The first-order valence-corrected chi connectivity index (χ1v) is 2.93. The molecule has 2 heteroatoms. The zero-order valence-corrected chi connectivity index (χ0v) is 6.18. The second-order valence-electron chi connectivity index (χ2n) is 1.01. The Bertz CT molecular complexity index is 127. The van der Waals surface area contributed by atoms with Gasteiger partial charge >= 0.3 is 0 Å². The first-order chi connectivity index (χ1) is 3.31. The standard InChI is InChI=1S/C5H4BrCl/c1-5(4-7)2-3-6/h4H,1H3/b5-4+. The van der Waals surface area contributed by atoms with Crippen LogP contribution in [0.25, 0.3) is 0 Å². The van der Waals surface area contributed by atoms with Crippen LogP contribution < -0.4 is 0 Å². The fourth-order valence-corrected chi connectivity index (χ4v) is 0.469. The van der Waals surface area contributed by atoms with E-state index in [0.29, 0.717) is 0 Å². The average molecular weight is 179 g/mol. The maximum Gasteiger partial charge on any atom is 0.0156 e. The molecule has 0 saturated carbocycles. The maximum atomic E-state index is 5.25. The molecular weight excluding hydrogens is 175 g/mol. The molecule has 38 valence electrons. The molecule has 0 nitrogen and oxygen atoms in total. The lowest BCUT2D eigenvalue weighted by Crippen LogP contribution is -1.58. The number of halogens is 2. The molecule has 0 aromatic carbocycles. The van der Waals surface area contributed by atoms with Crippen molar-refractivity contribution in [1.29, 1.82) is 0 Å². The highest BCUT2D eigenvalue weighted by molar-refractivity contribution is 9.12. The van der Waals surface area contributed by atoms with Crippen molar-refractivity contribution in [3.63, 3.8) is 0 Å². The van der Waals surface area contributed by atoms with Crippen molar-refractivity contribution >= 4 is 27.5 Å². The molecule has 0 aromatic rings. The van der Waals surface area contributed by atoms with E-state index < -0.39 is 0 Å². The van der Waals surface area contributed by atoms with Crippen LogP contribution in [0.1, 0.15) is 6.92 Å². The first-order valence-electron chi connectivity index (χ1n) is 1.70. The quantitative estimate of drug-likeness (QED) is 0.501. The van der Waals surface area contributed by atoms with Gasteiger partial charge in [0.05, 0.1) is 0 Å². The van der Waals surface area contributed by atoms with E-state index in [1.807, 2.05) is 6.92 Å². The molecule has 0 aliphatic carbocycles. The van der Waals surface area contributed by atoms with Crippen molar-refractivity contribution in [1.82, 2.24) is 0 Å². The zero-order chi connectivity index (χ0) is 5.70. The normalized spacial score (nSPS) is 9.86. The van der Waals surface area contributed by atoms with Gasteiger partial charge in [-0.25, -0.2) is 0 Å². The minimum absolute atomic E-state index is 0.860. The fourth-order valence-electron chi connectivity index (χ4n) is 0.102. The highest BCUT2D eigenvalue weighted by Crippen LogP contribution is 1.91. The van der Waals surface area contributed by atoms with Gasteiger partial charge in [-0.05, 0) is 11.8 Å². The van der Waals surface area contributed by atoms with E-state index in [9.17, 15) is 0 Å². The van der Waals surface area contributed by atoms with E-state index in [4.69, 9.17) is 11.6 Å². The van der Waals surface area contributed by atoms with E-state index in [-0.39, 0.29) is 0 Å². The van der Waals surface area contributed by atoms with Gasteiger partial charge in [-0.15, -0.1) is 0 Å². The second-order valence-corrected chi connectivity index (χ2v) is 1.63. The van der Waals surface area contributed by atoms with Crippen LogP contribution in [0.4, 0.5) is 0 Å². The fraction of sp³-hybridized carbons (Fsp3) is 0.200. The van der Waals surface area contributed by atoms with E-state index in [1.54, 1.807) is 0 Å². The third-order valence-electron chi connectivity index (χ3n) is 0.408. The molecule has 7 heavy (non-hydrogen) atoms. The molecule has 0 heterocycles. The Morgan fingerprint density at radius 1 is 1.86 bits per heavy atom. The van der Waals surface area contributed by atoms with Crippen molar-refractivity contribution in [2.75, 3.05) is 0 Å². The summed E-state index contributed by atoms with van der Waals surface area (Å²) in [6.45, 7) is 1.83. The Hall–Kier alpha value is 0.0700. The Balaban J connectivity index is 3.75. The van der Waals surface area contributed by atoms with Gasteiger partial charge in [0.15, 0.2) is 0 Å². The molecule has 0 aliphatic rings. The lowest BCUT2D eigenvalue weighted by atomic mass is 10.4. The van der Waals surface area contributed by atoms with Crippen molar-refractivity contribution in [2.45, 2.75) is 6.92 Å². The van der Waals surface area contributed by atoms with Crippen molar-refractivity contribution in [3.05, 3.63) is 11.1 Å². The zero-order valence-electron chi connectivity index (χ0n) is 3.83. The molecule has 0 aromatic heterocycles. The molecule has 0 aliphatic heterocycles. The summed E-state index contributed by atoms with van der Waals surface area (Å²) >= 11 is 8.18. The molecule has 0 N–H and O–H groups in total. The van der Waals surface area contributed by atoms with Gasteiger partial charge in [-0.3, -0.25) is 0 Å². The topological polar surface area (TPSA) is 0 Å². The molecule has 0 radical (unpaired) electrons. The molecule has 0 amide bonds. The van der Waals surface area contributed by atoms with Crippen LogP contribution in [0.15, 0.2) is 11.1 Å². The van der Waals surface area contributed by atoms with Gasteiger partial charge in [0.25, 0.3) is 0 Å². The van der Waals surface area contributed by atoms with Crippen LogP contribution in [0.2, 0.25) is 0 Å². The van der Waals surface area contributed by atoms with Crippen LogP contribution in [0.5, 0.6) is 0 Å². The lowest BCUT2D eigenvalue weighted by Gasteiger charge is -1.73. The molecular formula is C5H4BrCl. The predicted octanol–water partition coefficient (Wildman–Crippen LogP) is 2.48. The van der Waals surface area contributed by atoms with E-state index in [2.05, 4.69) is 26.7 Å². The number of allylic oxidation sites excluding steroid dienone is 1. The number of hydrogen-bond donors (Lipinski definition) is 0. The summed E-state index contributed by atoms with van der Waals surface area (Å²) in [5, 5.41) is 0. The summed E-state index contributed by atoms with van der Waals surface area (Å²) < 4.78 is 0. The summed E-state index contributed by atoms with van der Waals surface area (Å²) in [7, 11) is 0. The third kappa shape index (κ3) is 3.91. The minimum Gasteiger partial charge on any atom is -0.0920 e. The third-order valence-corrected chi connectivity index (χ3v) is 0.934.